The first-order chi connectivity index (χ1) is 16.2. The van der Waals surface area contributed by atoms with E-state index < -0.39 is 15.8 Å². The Hall–Kier alpha value is -2.20. The van der Waals surface area contributed by atoms with E-state index in [2.05, 4.69) is 127 Å². The highest BCUT2D eigenvalue weighted by Crippen LogP contribution is 2.61. The van der Waals surface area contributed by atoms with Gasteiger partial charge in [0.2, 0.25) is 0 Å². The molecule has 0 spiro atoms. The van der Waals surface area contributed by atoms with Crippen LogP contribution in [0.1, 0.15) is 0 Å². The third kappa shape index (κ3) is 4.73. The van der Waals surface area contributed by atoms with Crippen molar-refractivity contribution in [1.29, 1.82) is 0 Å². The van der Waals surface area contributed by atoms with Gasteiger partial charge in [0.05, 0.1) is 10.7 Å². The molecule has 0 aromatic heterocycles. The Bertz CT molecular complexity index is 1190. The molecule has 0 bridgehead atoms. The lowest BCUT2D eigenvalue weighted by Crippen LogP contribution is -2.25. The number of halogens is 2. The fourth-order valence-electron chi connectivity index (χ4n) is 4.20. The van der Waals surface area contributed by atoms with Crippen LogP contribution in [-0.4, -0.2) is 5.66 Å². The summed E-state index contributed by atoms with van der Waals surface area (Å²) in [5.74, 6) is 0. The second-order valence-electron chi connectivity index (χ2n) is 7.72. The Morgan fingerprint density at radius 2 is 0.848 bits per heavy atom. The third-order valence-electron chi connectivity index (χ3n) is 5.64. The second-order valence-corrected chi connectivity index (χ2v) is 13.0. The molecule has 0 fully saturated rings. The van der Waals surface area contributed by atoms with Gasteiger partial charge in [0.1, 0.15) is 0 Å². The van der Waals surface area contributed by atoms with Crippen LogP contribution in [0.2, 0.25) is 0 Å². The Kier molecular flexibility index (Phi) is 7.10. The summed E-state index contributed by atoms with van der Waals surface area (Å²) in [6.45, 7) is 0. The number of hydrogen-bond acceptors (Lipinski definition) is 0. The topological polar surface area (TPSA) is 0 Å². The number of hydrogen-bond donors (Lipinski definition) is 0. The molecule has 1 atom stereocenters. The average Bonchev–Trinajstić information content (AvgIpc) is 3.16. The van der Waals surface area contributed by atoms with Gasteiger partial charge in [-0.25, -0.2) is 0 Å². The van der Waals surface area contributed by atoms with Gasteiger partial charge < -0.3 is 0 Å². The number of rotatable bonds is 6. The van der Waals surface area contributed by atoms with Crippen molar-refractivity contribution in [3.8, 4) is 0 Å². The maximum absolute atomic E-state index is 7.06. The minimum Gasteiger partial charge on any atom is -0.0864 e. The fourth-order valence-corrected chi connectivity index (χ4v) is 10.9. The molecule has 4 aromatic carbocycles. The van der Waals surface area contributed by atoms with E-state index in [-0.39, 0.29) is 5.66 Å². The monoisotopic (exact) mass is 502 g/mol. The first-order valence-electron chi connectivity index (χ1n) is 10.8. The maximum Gasteiger partial charge on any atom is 0.0565 e. The van der Waals surface area contributed by atoms with Crippen molar-refractivity contribution in [1.82, 2.24) is 0 Å². The molecule has 0 amide bonds. The lowest BCUT2D eigenvalue weighted by molar-refractivity contribution is 1.37. The molecular formula is C29H22Cl2P2. The molecule has 1 aliphatic carbocycles. The van der Waals surface area contributed by atoms with E-state index >= 15 is 0 Å². The Morgan fingerprint density at radius 1 is 0.485 bits per heavy atom. The normalized spacial score (nSPS) is 15.9. The van der Waals surface area contributed by atoms with Crippen molar-refractivity contribution in [3.63, 3.8) is 0 Å². The zero-order chi connectivity index (χ0) is 22.6. The summed E-state index contributed by atoms with van der Waals surface area (Å²) >= 11 is 13.8. The largest absolute Gasteiger partial charge is 0.0864 e. The molecule has 0 nitrogen and oxygen atoms in total. The van der Waals surface area contributed by atoms with E-state index in [0.717, 1.165) is 5.03 Å². The van der Waals surface area contributed by atoms with Gasteiger partial charge in [-0.05, 0) is 48.5 Å². The molecule has 1 aliphatic rings. The number of allylic oxidation sites excluding steroid dienone is 4. The van der Waals surface area contributed by atoms with Crippen LogP contribution in [-0.2, 0) is 0 Å². The van der Waals surface area contributed by atoms with Crippen molar-refractivity contribution >= 4 is 60.3 Å². The fraction of sp³-hybridized carbons (Fsp3) is 0.0345. The Labute approximate surface area is 208 Å². The molecule has 0 saturated heterocycles. The van der Waals surface area contributed by atoms with E-state index in [0.29, 0.717) is 5.03 Å². The lowest BCUT2D eigenvalue weighted by atomic mass is 10.4. The van der Waals surface area contributed by atoms with E-state index in [1.165, 1.54) is 26.5 Å². The van der Waals surface area contributed by atoms with Crippen LogP contribution in [0.25, 0.3) is 0 Å². The molecule has 5 rings (SSSR count). The van der Waals surface area contributed by atoms with Crippen LogP contribution in [0.5, 0.6) is 0 Å². The molecule has 0 radical (unpaired) electrons. The van der Waals surface area contributed by atoms with Crippen molar-refractivity contribution in [2.45, 2.75) is 5.66 Å². The summed E-state index contributed by atoms with van der Waals surface area (Å²) in [5.41, 5.74) is 0.0329. The molecule has 162 valence electrons. The zero-order valence-electron chi connectivity index (χ0n) is 17.9. The molecule has 0 heterocycles. The van der Waals surface area contributed by atoms with Crippen molar-refractivity contribution in [2.24, 2.45) is 0 Å². The predicted octanol–water partition coefficient (Wildman–Crippen LogP) is 7.21. The predicted molar refractivity (Wildman–Crippen MR) is 149 cm³/mol. The quantitative estimate of drug-likeness (QED) is 0.244. The smallest absolute Gasteiger partial charge is 0.0565 e. The molecule has 4 heteroatoms. The van der Waals surface area contributed by atoms with E-state index in [4.69, 9.17) is 23.2 Å². The zero-order valence-corrected chi connectivity index (χ0v) is 21.2. The van der Waals surface area contributed by atoms with E-state index in [1.807, 2.05) is 0 Å². The van der Waals surface area contributed by atoms with Crippen LogP contribution in [0.15, 0.2) is 143 Å². The summed E-state index contributed by atoms with van der Waals surface area (Å²) in [6, 6.07) is 43.0. The summed E-state index contributed by atoms with van der Waals surface area (Å²) in [6.07, 6.45) is 2.14. The van der Waals surface area contributed by atoms with Crippen LogP contribution < -0.4 is 21.2 Å². The van der Waals surface area contributed by atoms with E-state index in [9.17, 15) is 0 Å². The SMILES string of the molecule is ClC1=C(Cl)C(P(c2ccccc2)c2ccccc2)C(P(c2ccccc2)c2ccccc2)=C1. The van der Waals surface area contributed by atoms with Gasteiger partial charge in [-0.2, -0.15) is 0 Å². The minimum atomic E-state index is -0.797. The van der Waals surface area contributed by atoms with Crippen LogP contribution in [0.4, 0.5) is 0 Å². The molecule has 33 heavy (non-hydrogen) atoms. The standard InChI is InChI=1S/C29H22Cl2P2/c30-26-21-27(32(22-13-5-1-6-14-22)23-15-7-2-8-16-23)29(28(26)31)33(24-17-9-3-10-18-24)25-19-11-4-12-20-25/h1-21,29H. The molecule has 0 N–H and O–H groups in total. The highest BCUT2D eigenvalue weighted by atomic mass is 35.5. The van der Waals surface area contributed by atoms with Crippen LogP contribution in [0.3, 0.4) is 0 Å². The van der Waals surface area contributed by atoms with Gasteiger partial charge in [-0.3, -0.25) is 0 Å². The first-order valence-corrected chi connectivity index (χ1v) is 14.3. The summed E-state index contributed by atoms with van der Waals surface area (Å²) in [7, 11) is -1.59. The molecule has 0 aliphatic heterocycles. The van der Waals surface area contributed by atoms with Crippen LogP contribution in [0, 0.1) is 0 Å². The molecule has 0 saturated carbocycles. The van der Waals surface area contributed by atoms with Gasteiger partial charge in [0.15, 0.2) is 0 Å². The summed E-state index contributed by atoms with van der Waals surface area (Å²) < 4.78 is 0. The highest BCUT2D eigenvalue weighted by molar-refractivity contribution is 7.80. The first kappa shape index (κ1) is 22.6. The van der Waals surface area contributed by atoms with Gasteiger partial charge >= 0.3 is 0 Å². The second kappa shape index (κ2) is 10.4. The molecule has 1 unspecified atom stereocenters. The van der Waals surface area contributed by atoms with Crippen molar-refractivity contribution in [3.05, 3.63) is 143 Å². The maximum atomic E-state index is 7.06. The average molecular weight is 503 g/mol. The van der Waals surface area contributed by atoms with Gasteiger partial charge in [0, 0.05) is 5.03 Å². The van der Waals surface area contributed by atoms with Crippen LogP contribution >= 0.6 is 39.0 Å². The number of benzene rings is 4. The Morgan fingerprint density at radius 3 is 1.24 bits per heavy atom. The van der Waals surface area contributed by atoms with Gasteiger partial charge in [0.25, 0.3) is 0 Å². The lowest BCUT2D eigenvalue weighted by Gasteiger charge is -2.32. The Balaban J connectivity index is 1.70. The van der Waals surface area contributed by atoms with Crippen molar-refractivity contribution < 1.29 is 0 Å². The van der Waals surface area contributed by atoms with Gasteiger partial charge in [-0.15, -0.1) is 0 Å². The minimum absolute atomic E-state index is 0.0329. The highest BCUT2D eigenvalue weighted by Gasteiger charge is 2.39. The summed E-state index contributed by atoms with van der Waals surface area (Å²) in [5, 5.41) is 7.95. The van der Waals surface area contributed by atoms with E-state index in [1.54, 1.807) is 0 Å². The molecular weight excluding hydrogens is 481 g/mol. The van der Waals surface area contributed by atoms with Crippen molar-refractivity contribution in [2.75, 3.05) is 0 Å². The van der Waals surface area contributed by atoms with Gasteiger partial charge in [-0.1, -0.05) is 145 Å². The molecule has 4 aromatic rings. The third-order valence-corrected chi connectivity index (χ3v) is 12.1. The summed E-state index contributed by atoms with van der Waals surface area (Å²) in [4.78, 5) is 0.